The molecule has 0 aliphatic heterocycles. The molecule has 0 saturated carbocycles. The van der Waals surface area contributed by atoms with Gasteiger partial charge in [-0.05, 0) is 92.3 Å². The van der Waals surface area contributed by atoms with E-state index in [0.717, 1.165) is 33.3 Å². The molecule has 0 unspecified atom stereocenters. The molecule has 0 amide bonds. The summed E-state index contributed by atoms with van der Waals surface area (Å²) >= 11 is 0. The van der Waals surface area contributed by atoms with E-state index in [-0.39, 0.29) is 0 Å². The molecule has 188 valence electrons. The highest BCUT2D eigenvalue weighted by Crippen LogP contribution is 2.36. The van der Waals surface area contributed by atoms with Gasteiger partial charge in [0.1, 0.15) is 11.2 Å². The quantitative estimate of drug-likeness (QED) is 0.238. The Labute approximate surface area is 232 Å². The smallest absolute Gasteiger partial charge is 0.135 e. The van der Waals surface area contributed by atoms with Crippen LogP contribution in [0, 0.1) is 0 Å². The van der Waals surface area contributed by atoms with Gasteiger partial charge in [0, 0.05) is 22.1 Å². The molecule has 0 fully saturated rings. The van der Waals surface area contributed by atoms with Gasteiger partial charge in [0.05, 0.1) is 0 Å². The summed E-state index contributed by atoms with van der Waals surface area (Å²) in [6.07, 6.45) is 0. The van der Waals surface area contributed by atoms with Crippen molar-refractivity contribution in [2.75, 3.05) is 5.32 Å². The largest absolute Gasteiger partial charge is 0.456 e. The summed E-state index contributed by atoms with van der Waals surface area (Å²) in [6, 6.07) is 51.6. The van der Waals surface area contributed by atoms with E-state index >= 15 is 0 Å². The molecule has 0 atom stereocenters. The molecule has 2 nitrogen and oxygen atoms in total. The fourth-order valence-electron chi connectivity index (χ4n) is 5.84. The van der Waals surface area contributed by atoms with Gasteiger partial charge < -0.3 is 9.73 Å². The molecular formula is C38H25NO. The van der Waals surface area contributed by atoms with E-state index in [9.17, 15) is 0 Å². The summed E-state index contributed by atoms with van der Waals surface area (Å²) in [5.41, 5.74) is 8.79. The van der Waals surface area contributed by atoms with E-state index in [1.807, 2.05) is 12.1 Å². The van der Waals surface area contributed by atoms with E-state index in [2.05, 4.69) is 139 Å². The lowest BCUT2D eigenvalue weighted by Gasteiger charge is -2.12. The first-order chi connectivity index (χ1) is 19.8. The van der Waals surface area contributed by atoms with Crippen LogP contribution in [0.3, 0.4) is 0 Å². The average molecular weight is 512 g/mol. The van der Waals surface area contributed by atoms with E-state index in [1.54, 1.807) is 0 Å². The van der Waals surface area contributed by atoms with Crippen LogP contribution in [-0.4, -0.2) is 0 Å². The number of rotatable bonds is 4. The van der Waals surface area contributed by atoms with Gasteiger partial charge in [0.2, 0.25) is 0 Å². The van der Waals surface area contributed by atoms with Gasteiger partial charge in [-0.1, -0.05) is 97.1 Å². The molecule has 0 aliphatic carbocycles. The summed E-state index contributed by atoms with van der Waals surface area (Å²) in [7, 11) is 0. The summed E-state index contributed by atoms with van der Waals surface area (Å²) in [5.74, 6) is 0. The number of hydrogen-bond donors (Lipinski definition) is 1. The fourth-order valence-corrected chi connectivity index (χ4v) is 5.84. The lowest BCUT2D eigenvalue weighted by atomic mass is 9.93. The molecule has 1 N–H and O–H groups in total. The van der Waals surface area contributed by atoms with Crippen molar-refractivity contribution >= 4 is 54.9 Å². The zero-order valence-corrected chi connectivity index (χ0v) is 21.8. The van der Waals surface area contributed by atoms with Gasteiger partial charge >= 0.3 is 0 Å². The van der Waals surface area contributed by atoms with Crippen molar-refractivity contribution in [3.05, 3.63) is 146 Å². The molecular weight excluding hydrogens is 486 g/mol. The van der Waals surface area contributed by atoms with Crippen molar-refractivity contribution in [2.45, 2.75) is 0 Å². The minimum Gasteiger partial charge on any atom is -0.456 e. The molecule has 0 radical (unpaired) electrons. The minimum atomic E-state index is 0.920. The first kappa shape index (κ1) is 22.6. The third kappa shape index (κ3) is 3.81. The molecule has 0 saturated heterocycles. The lowest BCUT2D eigenvalue weighted by Crippen LogP contribution is -1.91. The van der Waals surface area contributed by atoms with Crippen LogP contribution in [0.4, 0.5) is 11.4 Å². The van der Waals surface area contributed by atoms with Crippen LogP contribution in [0.1, 0.15) is 0 Å². The molecule has 0 bridgehead atoms. The highest BCUT2D eigenvalue weighted by atomic mass is 16.3. The first-order valence-corrected chi connectivity index (χ1v) is 13.6. The fraction of sp³-hybridized carbons (Fsp3) is 0. The highest BCUT2D eigenvalue weighted by Gasteiger charge is 2.10. The molecule has 0 aliphatic rings. The van der Waals surface area contributed by atoms with Crippen LogP contribution in [-0.2, 0) is 0 Å². The maximum Gasteiger partial charge on any atom is 0.135 e. The molecule has 8 aromatic rings. The van der Waals surface area contributed by atoms with Crippen molar-refractivity contribution in [2.24, 2.45) is 0 Å². The van der Waals surface area contributed by atoms with Gasteiger partial charge in [-0.2, -0.15) is 0 Å². The maximum absolute atomic E-state index is 6.00. The van der Waals surface area contributed by atoms with Gasteiger partial charge in [0.15, 0.2) is 0 Å². The van der Waals surface area contributed by atoms with Crippen molar-refractivity contribution in [3.8, 4) is 22.3 Å². The SMILES string of the molecule is c1ccc2c(c1)cc(-c1ccc(Nc3ccc(-c4ccc5oc6ccccc6c5c4)cc3)cc1)c1ccccc12. The van der Waals surface area contributed by atoms with Crippen LogP contribution in [0.5, 0.6) is 0 Å². The van der Waals surface area contributed by atoms with Crippen LogP contribution in [0.25, 0.3) is 65.7 Å². The number of hydrogen-bond acceptors (Lipinski definition) is 2. The predicted molar refractivity (Wildman–Crippen MR) is 169 cm³/mol. The number of furan rings is 1. The second kappa shape index (κ2) is 9.14. The van der Waals surface area contributed by atoms with Crippen LogP contribution in [0.2, 0.25) is 0 Å². The standard InChI is InChI=1S/C38H25NO/c1-2-8-31-28(7-1)24-35(33-10-4-3-9-32(31)33)26-15-20-30(21-16-26)39-29-18-13-25(14-19-29)27-17-22-38-36(23-27)34-11-5-6-12-37(34)40-38/h1-24,39H. The zero-order chi connectivity index (χ0) is 26.5. The molecule has 7 aromatic carbocycles. The topological polar surface area (TPSA) is 25.2 Å². The minimum absolute atomic E-state index is 0.920. The molecule has 40 heavy (non-hydrogen) atoms. The second-order valence-corrected chi connectivity index (χ2v) is 10.3. The Bertz CT molecular complexity index is 2170. The Balaban J connectivity index is 1.07. The first-order valence-electron chi connectivity index (χ1n) is 13.6. The van der Waals surface area contributed by atoms with E-state index in [0.29, 0.717) is 0 Å². The monoisotopic (exact) mass is 511 g/mol. The van der Waals surface area contributed by atoms with E-state index < -0.39 is 0 Å². The van der Waals surface area contributed by atoms with Gasteiger partial charge in [-0.3, -0.25) is 0 Å². The van der Waals surface area contributed by atoms with Crippen molar-refractivity contribution in [1.82, 2.24) is 0 Å². The van der Waals surface area contributed by atoms with Gasteiger partial charge in [-0.25, -0.2) is 0 Å². The van der Waals surface area contributed by atoms with Crippen molar-refractivity contribution in [3.63, 3.8) is 0 Å². The molecule has 8 rings (SSSR count). The Morgan fingerprint density at radius 2 is 0.950 bits per heavy atom. The Morgan fingerprint density at radius 1 is 0.375 bits per heavy atom. The number of fused-ring (bicyclic) bond motifs is 6. The molecule has 0 spiro atoms. The second-order valence-electron chi connectivity index (χ2n) is 10.3. The normalized spacial score (nSPS) is 11.5. The number of para-hydroxylation sites is 1. The Morgan fingerprint density at radius 3 is 1.73 bits per heavy atom. The number of benzene rings is 7. The zero-order valence-electron chi connectivity index (χ0n) is 21.8. The summed E-state index contributed by atoms with van der Waals surface area (Å²) < 4.78 is 6.00. The van der Waals surface area contributed by atoms with Crippen LogP contribution in [0.15, 0.2) is 150 Å². The maximum atomic E-state index is 6.00. The van der Waals surface area contributed by atoms with Crippen LogP contribution < -0.4 is 5.32 Å². The predicted octanol–water partition coefficient (Wildman–Crippen LogP) is 11.0. The summed E-state index contributed by atoms with van der Waals surface area (Å²) in [6.45, 7) is 0. The van der Waals surface area contributed by atoms with Gasteiger partial charge in [0.25, 0.3) is 0 Å². The molecule has 1 heterocycles. The van der Waals surface area contributed by atoms with Crippen LogP contribution >= 0.6 is 0 Å². The lowest BCUT2D eigenvalue weighted by molar-refractivity contribution is 0.669. The number of anilines is 2. The summed E-state index contributed by atoms with van der Waals surface area (Å²) in [4.78, 5) is 0. The van der Waals surface area contributed by atoms with E-state index in [1.165, 1.54) is 43.8 Å². The third-order valence-corrected chi connectivity index (χ3v) is 7.85. The highest BCUT2D eigenvalue weighted by molar-refractivity contribution is 6.13. The van der Waals surface area contributed by atoms with Crippen molar-refractivity contribution < 1.29 is 4.42 Å². The molecule has 1 aromatic heterocycles. The van der Waals surface area contributed by atoms with E-state index in [4.69, 9.17) is 4.42 Å². The average Bonchev–Trinajstić information content (AvgIpc) is 3.39. The Hall–Kier alpha value is -5.34. The van der Waals surface area contributed by atoms with Crippen molar-refractivity contribution in [1.29, 1.82) is 0 Å². The number of nitrogens with one attached hydrogen (secondary N) is 1. The summed E-state index contributed by atoms with van der Waals surface area (Å²) in [5, 5.41) is 11.0. The third-order valence-electron chi connectivity index (χ3n) is 7.85. The Kier molecular flexibility index (Phi) is 5.17. The van der Waals surface area contributed by atoms with Gasteiger partial charge in [-0.15, -0.1) is 0 Å². The molecule has 2 heteroatoms.